The minimum Gasteiger partial charge on any atom is -0.0620 e. The van der Waals surface area contributed by atoms with Crippen LogP contribution in [-0.2, 0) is 0 Å². The smallest absolute Gasteiger partial charge is 0.0106 e. The molecule has 0 amide bonds. The SMILES string of the molecule is Cc1ccccc1Pc1cccc2ccccc12. The lowest BCUT2D eigenvalue weighted by atomic mass is 10.1. The van der Waals surface area contributed by atoms with Crippen molar-refractivity contribution < 1.29 is 0 Å². The van der Waals surface area contributed by atoms with Gasteiger partial charge in [0.2, 0.25) is 0 Å². The van der Waals surface area contributed by atoms with Gasteiger partial charge in [-0.15, -0.1) is 0 Å². The largest absolute Gasteiger partial charge is 0.0620 e. The van der Waals surface area contributed by atoms with Crippen molar-refractivity contribution in [2.45, 2.75) is 6.92 Å². The molecule has 0 aromatic heterocycles. The highest BCUT2D eigenvalue weighted by molar-refractivity contribution is 7.56. The predicted molar refractivity (Wildman–Crippen MR) is 82.7 cm³/mol. The van der Waals surface area contributed by atoms with E-state index in [-0.39, 0.29) is 0 Å². The van der Waals surface area contributed by atoms with Crippen molar-refractivity contribution in [1.82, 2.24) is 0 Å². The molecule has 3 aromatic carbocycles. The molecule has 0 spiro atoms. The molecule has 0 aliphatic heterocycles. The molecule has 0 nitrogen and oxygen atoms in total. The summed E-state index contributed by atoms with van der Waals surface area (Å²) < 4.78 is 0. The Balaban J connectivity index is 2.08. The number of hydrogen-bond acceptors (Lipinski definition) is 0. The minimum absolute atomic E-state index is 0.729. The van der Waals surface area contributed by atoms with E-state index in [1.807, 2.05) is 0 Å². The predicted octanol–water partition coefficient (Wildman–Crippen LogP) is 3.78. The number of fused-ring (bicyclic) bond motifs is 1. The van der Waals surface area contributed by atoms with Crippen molar-refractivity contribution in [3.63, 3.8) is 0 Å². The second-order valence-electron chi connectivity index (χ2n) is 4.47. The molecular formula is C17H15P. The Bertz CT molecular complexity index is 681. The quantitative estimate of drug-likeness (QED) is 0.607. The van der Waals surface area contributed by atoms with E-state index in [1.165, 1.54) is 26.9 Å². The van der Waals surface area contributed by atoms with Gasteiger partial charge in [0.15, 0.2) is 0 Å². The highest BCUT2D eigenvalue weighted by Gasteiger charge is 2.03. The molecule has 0 saturated heterocycles. The summed E-state index contributed by atoms with van der Waals surface area (Å²) in [5.74, 6) is 0. The molecule has 1 heteroatoms. The van der Waals surface area contributed by atoms with Crippen molar-refractivity contribution >= 4 is 30.0 Å². The highest BCUT2D eigenvalue weighted by atomic mass is 31.1. The Morgan fingerprint density at radius 3 is 2.22 bits per heavy atom. The first kappa shape index (κ1) is 11.4. The van der Waals surface area contributed by atoms with Crippen molar-refractivity contribution in [3.05, 3.63) is 72.3 Å². The van der Waals surface area contributed by atoms with Gasteiger partial charge in [0.25, 0.3) is 0 Å². The molecule has 1 unspecified atom stereocenters. The molecule has 0 heterocycles. The van der Waals surface area contributed by atoms with Gasteiger partial charge in [-0.3, -0.25) is 0 Å². The lowest BCUT2D eigenvalue weighted by molar-refractivity contribution is 1.52. The second kappa shape index (κ2) is 4.92. The van der Waals surface area contributed by atoms with E-state index < -0.39 is 0 Å². The van der Waals surface area contributed by atoms with Gasteiger partial charge in [-0.2, -0.15) is 0 Å². The fourth-order valence-electron chi connectivity index (χ4n) is 2.19. The summed E-state index contributed by atoms with van der Waals surface area (Å²) in [6, 6.07) is 23.8. The van der Waals surface area contributed by atoms with E-state index >= 15 is 0 Å². The van der Waals surface area contributed by atoms with Crippen LogP contribution in [0.4, 0.5) is 0 Å². The van der Waals surface area contributed by atoms with E-state index in [4.69, 9.17) is 0 Å². The zero-order chi connectivity index (χ0) is 12.4. The fraction of sp³-hybridized carbons (Fsp3) is 0.0588. The van der Waals surface area contributed by atoms with Crippen LogP contribution in [0.3, 0.4) is 0 Å². The Labute approximate surface area is 109 Å². The van der Waals surface area contributed by atoms with Gasteiger partial charge in [-0.1, -0.05) is 75.3 Å². The molecule has 18 heavy (non-hydrogen) atoms. The van der Waals surface area contributed by atoms with Crippen LogP contribution in [0.2, 0.25) is 0 Å². The molecule has 0 N–H and O–H groups in total. The van der Waals surface area contributed by atoms with Gasteiger partial charge in [-0.05, 0) is 33.9 Å². The molecule has 1 atom stereocenters. The fourth-order valence-corrected chi connectivity index (χ4v) is 3.48. The summed E-state index contributed by atoms with van der Waals surface area (Å²) >= 11 is 0. The summed E-state index contributed by atoms with van der Waals surface area (Å²) in [7, 11) is 0.729. The van der Waals surface area contributed by atoms with Crippen LogP contribution in [0.15, 0.2) is 66.7 Å². The molecular weight excluding hydrogens is 235 g/mol. The lowest BCUT2D eigenvalue weighted by Gasteiger charge is -2.09. The first-order chi connectivity index (χ1) is 8.84. The van der Waals surface area contributed by atoms with Gasteiger partial charge in [-0.25, -0.2) is 0 Å². The van der Waals surface area contributed by atoms with E-state index in [2.05, 4.69) is 73.7 Å². The van der Waals surface area contributed by atoms with Crippen LogP contribution in [0.25, 0.3) is 10.8 Å². The van der Waals surface area contributed by atoms with Crippen molar-refractivity contribution in [2.75, 3.05) is 0 Å². The molecule has 88 valence electrons. The van der Waals surface area contributed by atoms with Crippen molar-refractivity contribution in [2.24, 2.45) is 0 Å². The van der Waals surface area contributed by atoms with Gasteiger partial charge in [0.1, 0.15) is 0 Å². The molecule has 3 aromatic rings. The molecule has 0 radical (unpaired) electrons. The van der Waals surface area contributed by atoms with E-state index in [9.17, 15) is 0 Å². The first-order valence-corrected chi connectivity index (χ1v) is 7.15. The van der Waals surface area contributed by atoms with Crippen molar-refractivity contribution in [1.29, 1.82) is 0 Å². The minimum atomic E-state index is 0.729. The number of rotatable bonds is 2. The average Bonchev–Trinajstić information content (AvgIpc) is 2.42. The third-order valence-corrected chi connectivity index (χ3v) is 4.74. The summed E-state index contributed by atoms with van der Waals surface area (Å²) in [4.78, 5) is 0. The third kappa shape index (κ3) is 2.17. The highest BCUT2D eigenvalue weighted by Crippen LogP contribution is 2.20. The van der Waals surface area contributed by atoms with E-state index in [0.29, 0.717) is 0 Å². The second-order valence-corrected chi connectivity index (χ2v) is 5.79. The number of benzene rings is 3. The standard InChI is InChI=1S/C17H15P/c1-13-7-2-5-11-16(13)18-17-12-6-9-14-8-3-4-10-15(14)17/h2-12,18H,1H3. The maximum absolute atomic E-state index is 2.24. The van der Waals surface area contributed by atoms with Crippen LogP contribution >= 0.6 is 8.58 Å². The van der Waals surface area contributed by atoms with E-state index in [0.717, 1.165) is 8.58 Å². The zero-order valence-electron chi connectivity index (χ0n) is 10.4. The first-order valence-electron chi connectivity index (χ1n) is 6.15. The number of hydrogen-bond donors (Lipinski definition) is 0. The molecule has 0 saturated carbocycles. The van der Waals surface area contributed by atoms with E-state index in [1.54, 1.807) is 0 Å². The van der Waals surface area contributed by atoms with Crippen molar-refractivity contribution in [3.8, 4) is 0 Å². The number of aryl methyl sites for hydroxylation is 1. The zero-order valence-corrected chi connectivity index (χ0v) is 11.4. The summed E-state index contributed by atoms with van der Waals surface area (Å²) in [5, 5.41) is 5.58. The normalized spacial score (nSPS) is 11.4. The summed E-state index contributed by atoms with van der Waals surface area (Å²) in [6.07, 6.45) is 0. The summed E-state index contributed by atoms with van der Waals surface area (Å²) in [5.41, 5.74) is 1.38. The maximum Gasteiger partial charge on any atom is -0.0106 e. The Morgan fingerprint density at radius 1 is 0.667 bits per heavy atom. The van der Waals surface area contributed by atoms with Gasteiger partial charge >= 0.3 is 0 Å². The Kier molecular flexibility index (Phi) is 3.13. The molecule has 3 rings (SSSR count). The molecule has 0 aliphatic rings. The molecule has 0 aliphatic carbocycles. The van der Waals surface area contributed by atoms with Crippen LogP contribution in [-0.4, -0.2) is 0 Å². The molecule has 0 fully saturated rings. The van der Waals surface area contributed by atoms with Gasteiger partial charge in [0, 0.05) is 0 Å². The topological polar surface area (TPSA) is 0 Å². The van der Waals surface area contributed by atoms with Gasteiger partial charge in [0.05, 0.1) is 0 Å². The average molecular weight is 250 g/mol. The van der Waals surface area contributed by atoms with Crippen LogP contribution < -0.4 is 10.6 Å². The third-order valence-electron chi connectivity index (χ3n) is 3.20. The van der Waals surface area contributed by atoms with Gasteiger partial charge < -0.3 is 0 Å². The van der Waals surface area contributed by atoms with Crippen LogP contribution in [0.1, 0.15) is 5.56 Å². The van der Waals surface area contributed by atoms with Crippen LogP contribution in [0.5, 0.6) is 0 Å². The maximum atomic E-state index is 2.24. The Morgan fingerprint density at radius 2 is 1.33 bits per heavy atom. The Hall–Kier alpha value is -1.65. The monoisotopic (exact) mass is 250 g/mol. The summed E-state index contributed by atoms with van der Waals surface area (Å²) in [6.45, 7) is 2.19. The lowest BCUT2D eigenvalue weighted by Crippen LogP contribution is -2.07. The molecule has 0 bridgehead atoms. The van der Waals surface area contributed by atoms with Crippen LogP contribution in [0, 0.1) is 6.92 Å².